The number of aromatic carboxylic acids is 1. The van der Waals surface area contributed by atoms with Crippen LogP contribution in [0.4, 0.5) is 0 Å². The van der Waals surface area contributed by atoms with Crippen LogP contribution in [0.2, 0.25) is 0 Å². The first kappa shape index (κ1) is 11.9. The van der Waals surface area contributed by atoms with Gasteiger partial charge in [0.1, 0.15) is 5.82 Å². The summed E-state index contributed by atoms with van der Waals surface area (Å²) in [6.45, 7) is 0.703. The van der Waals surface area contributed by atoms with Gasteiger partial charge in [-0.2, -0.15) is 0 Å². The van der Waals surface area contributed by atoms with Crippen molar-refractivity contribution in [3.05, 3.63) is 35.9 Å². The number of carbonyl (C=O) groups is 1. The molecule has 0 amide bonds. The summed E-state index contributed by atoms with van der Waals surface area (Å²) < 4.78 is 1.96. The number of imidazole rings is 1. The van der Waals surface area contributed by atoms with Crippen molar-refractivity contribution in [3.8, 4) is 11.4 Å². The maximum absolute atomic E-state index is 11.3. The molecular formula is C13H14N4O2. The van der Waals surface area contributed by atoms with E-state index in [2.05, 4.69) is 9.97 Å². The van der Waals surface area contributed by atoms with E-state index >= 15 is 0 Å². The lowest BCUT2D eigenvalue weighted by Gasteiger charge is -2.22. The molecule has 1 unspecified atom stereocenters. The average Bonchev–Trinajstić information content (AvgIpc) is 2.78. The Balaban J connectivity index is 2.17. The predicted octanol–water partition coefficient (Wildman–Crippen LogP) is 0.917. The monoisotopic (exact) mass is 258 g/mol. The van der Waals surface area contributed by atoms with Crippen LogP contribution in [0.25, 0.3) is 11.4 Å². The fourth-order valence-corrected chi connectivity index (χ4v) is 2.47. The van der Waals surface area contributed by atoms with E-state index < -0.39 is 5.97 Å². The smallest absolute Gasteiger partial charge is 0.356 e. The molecule has 0 aliphatic carbocycles. The molecule has 1 atom stereocenters. The second-order valence-electron chi connectivity index (χ2n) is 4.68. The van der Waals surface area contributed by atoms with Crippen LogP contribution in [0.5, 0.6) is 0 Å². The van der Waals surface area contributed by atoms with Crippen LogP contribution in [0, 0.1) is 0 Å². The van der Waals surface area contributed by atoms with Crippen LogP contribution < -0.4 is 5.73 Å². The van der Waals surface area contributed by atoms with Gasteiger partial charge in [0.05, 0.1) is 5.69 Å². The summed E-state index contributed by atoms with van der Waals surface area (Å²) in [6.07, 6.45) is 4.73. The summed E-state index contributed by atoms with van der Waals surface area (Å²) in [5.41, 5.74) is 7.63. The highest BCUT2D eigenvalue weighted by Crippen LogP contribution is 2.26. The number of carboxylic acid groups (broad SMARTS) is 1. The van der Waals surface area contributed by atoms with Gasteiger partial charge in [-0.15, -0.1) is 0 Å². The van der Waals surface area contributed by atoms with Crippen LogP contribution in [0.3, 0.4) is 0 Å². The molecule has 2 aromatic heterocycles. The van der Waals surface area contributed by atoms with E-state index in [4.69, 9.17) is 5.73 Å². The van der Waals surface area contributed by atoms with Crippen molar-refractivity contribution in [1.29, 1.82) is 0 Å². The highest BCUT2D eigenvalue weighted by Gasteiger charge is 2.27. The molecule has 0 bridgehead atoms. The Morgan fingerprint density at radius 2 is 2.16 bits per heavy atom. The Hall–Kier alpha value is -2.21. The first-order valence-corrected chi connectivity index (χ1v) is 6.15. The van der Waals surface area contributed by atoms with E-state index in [1.54, 1.807) is 12.4 Å². The van der Waals surface area contributed by atoms with Gasteiger partial charge in [-0.1, -0.05) is 0 Å². The van der Waals surface area contributed by atoms with Gasteiger partial charge < -0.3 is 15.4 Å². The van der Waals surface area contributed by atoms with Crippen molar-refractivity contribution in [1.82, 2.24) is 14.5 Å². The Labute approximate surface area is 109 Å². The molecule has 3 heterocycles. The van der Waals surface area contributed by atoms with Crippen molar-refractivity contribution in [2.45, 2.75) is 25.4 Å². The highest BCUT2D eigenvalue weighted by molar-refractivity contribution is 5.88. The molecular weight excluding hydrogens is 244 g/mol. The second-order valence-corrected chi connectivity index (χ2v) is 4.68. The Morgan fingerprint density at radius 3 is 2.84 bits per heavy atom. The molecule has 2 aromatic rings. The van der Waals surface area contributed by atoms with E-state index in [0.717, 1.165) is 17.7 Å². The van der Waals surface area contributed by atoms with Gasteiger partial charge in [-0.3, -0.25) is 4.98 Å². The zero-order valence-corrected chi connectivity index (χ0v) is 10.3. The number of rotatable bonds is 2. The maximum atomic E-state index is 11.3. The first-order chi connectivity index (χ1) is 9.16. The summed E-state index contributed by atoms with van der Waals surface area (Å²) in [4.78, 5) is 19.5. The lowest BCUT2D eigenvalue weighted by molar-refractivity contribution is 0.0689. The number of hydrogen-bond acceptors (Lipinski definition) is 4. The van der Waals surface area contributed by atoms with Crippen LogP contribution in [0.15, 0.2) is 24.5 Å². The highest BCUT2D eigenvalue weighted by atomic mass is 16.4. The summed E-state index contributed by atoms with van der Waals surface area (Å²) >= 11 is 0. The van der Waals surface area contributed by atoms with Gasteiger partial charge in [0, 0.05) is 37.0 Å². The minimum Gasteiger partial charge on any atom is -0.476 e. The number of aromatic nitrogens is 3. The zero-order valence-electron chi connectivity index (χ0n) is 10.3. The van der Waals surface area contributed by atoms with Gasteiger partial charge >= 0.3 is 5.97 Å². The lowest BCUT2D eigenvalue weighted by Crippen LogP contribution is -2.31. The van der Waals surface area contributed by atoms with Crippen molar-refractivity contribution in [2.24, 2.45) is 5.73 Å². The number of fused-ring (bicyclic) bond motifs is 1. The third kappa shape index (κ3) is 2.00. The van der Waals surface area contributed by atoms with Crippen LogP contribution in [0.1, 0.15) is 22.6 Å². The summed E-state index contributed by atoms with van der Waals surface area (Å²) in [6, 6.07) is 3.67. The molecule has 98 valence electrons. The Bertz CT molecular complexity index is 621. The van der Waals surface area contributed by atoms with Crippen LogP contribution in [-0.2, 0) is 13.0 Å². The third-order valence-electron chi connectivity index (χ3n) is 3.39. The topological polar surface area (TPSA) is 94.0 Å². The molecule has 1 aliphatic heterocycles. The molecule has 0 fully saturated rings. The minimum absolute atomic E-state index is 0.00703. The molecule has 19 heavy (non-hydrogen) atoms. The third-order valence-corrected chi connectivity index (χ3v) is 3.39. The molecule has 6 heteroatoms. The van der Waals surface area contributed by atoms with Gasteiger partial charge in [-0.25, -0.2) is 9.78 Å². The Kier molecular flexibility index (Phi) is 2.79. The molecule has 0 aromatic carbocycles. The number of nitrogens with two attached hydrogens (primary N) is 1. The molecule has 0 saturated carbocycles. The number of carboxylic acids is 1. The number of hydrogen-bond donors (Lipinski definition) is 2. The largest absolute Gasteiger partial charge is 0.476 e. The molecule has 1 aliphatic rings. The van der Waals surface area contributed by atoms with Crippen molar-refractivity contribution in [3.63, 3.8) is 0 Å². The lowest BCUT2D eigenvalue weighted by atomic mass is 10.0. The molecule has 0 spiro atoms. The summed E-state index contributed by atoms with van der Waals surface area (Å²) in [5.74, 6) is -0.320. The van der Waals surface area contributed by atoms with Crippen molar-refractivity contribution >= 4 is 5.97 Å². The van der Waals surface area contributed by atoms with Gasteiger partial charge in [0.25, 0.3) is 0 Å². The van der Waals surface area contributed by atoms with Crippen molar-refractivity contribution < 1.29 is 9.90 Å². The maximum Gasteiger partial charge on any atom is 0.356 e. The number of nitrogens with zero attached hydrogens (tertiary/aromatic N) is 3. The number of pyridine rings is 1. The summed E-state index contributed by atoms with van der Waals surface area (Å²) in [5, 5.41) is 9.26. The quantitative estimate of drug-likeness (QED) is 0.835. The van der Waals surface area contributed by atoms with Gasteiger partial charge in [-0.05, 0) is 18.6 Å². The fourth-order valence-electron chi connectivity index (χ4n) is 2.47. The standard InChI is InChI=1S/C13H14N4O2/c14-9-3-6-17-10(7-9)11(13(18)19)16-12(17)8-1-4-15-5-2-8/h1-2,4-5,9H,3,6-7,14H2,(H,18,19). The first-order valence-electron chi connectivity index (χ1n) is 6.15. The summed E-state index contributed by atoms with van der Waals surface area (Å²) in [7, 11) is 0. The molecule has 3 N–H and O–H groups in total. The Morgan fingerprint density at radius 1 is 1.42 bits per heavy atom. The predicted molar refractivity (Wildman–Crippen MR) is 68.7 cm³/mol. The van der Waals surface area contributed by atoms with Gasteiger partial charge in [0.2, 0.25) is 0 Å². The SMILES string of the molecule is NC1CCn2c(-c3ccncc3)nc(C(=O)O)c2C1. The fraction of sp³-hybridized carbons (Fsp3) is 0.308. The van der Waals surface area contributed by atoms with E-state index in [-0.39, 0.29) is 11.7 Å². The molecule has 0 radical (unpaired) electrons. The second kappa shape index (κ2) is 4.47. The van der Waals surface area contributed by atoms with E-state index in [1.807, 2.05) is 16.7 Å². The van der Waals surface area contributed by atoms with Crippen molar-refractivity contribution in [2.75, 3.05) is 0 Å². The van der Waals surface area contributed by atoms with E-state index in [9.17, 15) is 9.90 Å². The van der Waals surface area contributed by atoms with Crippen LogP contribution in [-0.4, -0.2) is 31.7 Å². The van der Waals surface area contributed by atoms with Gasteiger partial charge in [0.15, 0.2) is 5.69 Å². The molecule has 0 saturated heterocycles. The molecule has 3 rings (SSSR count). The minimum atomic E-state index is -1.00. The average molecular weight is 258 g/mol. The van der Waals surface area contributed by atoms with E-state index in [1.165, 1.54) is 0 Å². The van der Waals surface area contributed by atoms with Crippen LogP contribution >= 0.6 is 0 Å². The van der Waals surface area contributed by atoms with E-state index in [0.29, 0.717) is 18.8 Å². The zero-order chi connectivity index (χ0) is 13.4. The normalized spacial score (nSPS) is 18.1. The molecule has 6 nitrogen and oxygen atoms in total.